The second-order valence-electron chi connectivity index (χ2n) is 6.01. The smallest absolute Gasteiger partial charge is 0.122 e. The van der Waals surface area contributed by atoms with Crippen LogP contribution < -0.4 is 10.1 Å². The first-order chi connectivity index (χ1) is 9.54. The SMILES string of the molecule is CCN(CC)C(C)(C)C(NC)c1ccc2c(c1)CCO2. The Morgan fingerprint density at radius 1 is 1.30 bits per heavy atom. The van der Waals surface area contributed by atoms with Crippen LogP contribution in [0.3, 0.4) is 0 Å². The number of nitrogens with one attached hydrogen (secondary N) is 1. The number of nitrogens with zero attached hydrogens (tertiary/aromatic N) is 1. The topological polar surface area (TPSA) is 24.5 Å². The van der Waals surface area contributed by atoms with Crippen LogP contribution in [0.4, 0.5) is 0 Å². The molecule has 112 valence electrons. The largest absolute Gasteiger partial charge is 0.493 e. The van der Waals surface area contributed by atoms with E-state index in [1.807, 2.05) is 0 Å². The molecule has 1 atom stereocenters. The molecule has 0 bridgehead atoms. The second kappa shape index (κ2) is 6.15. The van der Waals surface area contributed by atoms with E-state index < -0.39 is 0 Å². The predicted molar refractivity (Wildman–Crippen MR) is 84.4 cm³/mol. The van der Waals surface area contributed by atoms with E-state index in [0.29, 0.717) is 6.04 Å². The van der Waals surface area contributed by atoms with Gasteiger partial charge in [-0.15, -0.1) is 0 Å². The van der Waals surface area contributed by atoms with Gasteiger partial charge >= 0.3 is 0 Å². The molecule has 2 rings (SSSR count). The highest BCUT2D eigenvalue weighted by Crippen LogP contribution is 2.34. The Morgan fingerprint density at radius 3 is 2.60 bits per heavy atom. The molecule has 1 heterocycles. The van der Waals surface area contributed by atoms with E-state index in [1.165, 1.54) is 11.1 Å². The molecule has 1 aliphatic rings. The van der Waals surface area contributed by atoms with E-state index >= 15 is 0 Å². The highest BCUT2D eigenvalue weighted by molar-refractivity contribution is 5.41. The van der Waals surface area contributed by atoms with E-state index in [9.17, 15) is 0 Å². The lowest BCUT2D eigenvalue weighted by Crippen LogP contribution is -2.51. The fourth-order valence-corrected chi connectivity index (χ4v) is 3.54. The van der Waals surface area contributed by atoms with Crippen LogP contribution in [-0.2, 0) is 6.42 Å². The first-order valence-electron chi connectivity index (χ1n) is 7.72. The van der Waals surface area contributed by atoms with E-state index in [-0.39, 0.29) is 5.54 Å². The van der Waals surface area contributed by atoms with Gasteiger partial charge in [0.25, 0.3) is 0 Å². The van der Waals surface area contributed by atoms with Crippen LogP contribution in [0.1, 0.15) is 44.9 Å². The van der Waals surface area contributed by atoms with Gasteiger partial charge in [0.1, 0.15) is 5.75 Å². The number of ether oxygens (including phenoxy) is 1. The summed E-state index contributed by atoms with van der Waals surface area (Å²) in [6, 6.07) is 6.96. The number of hydrogen-bond donors (Lipinski definition) is 1. The molecule has 0 spiro atoms. The zero-order valence-corrected chi connectivity index (χ0v) is 13.5. The van der Waals surface area contributed by atoms with Crippen LogP contribution in [0, 0.1) is 0 Å². The molecule has 0 radical (unpaired) electrons. The van der Waals surface area contributed by atoms with Gasteiger partial charge in [-0.2, -0.15) is 0 Å². The highest BCUT2D eigenvalue weighted by atomic mass is 16.5. The van der Waals surface area contributed by atoms with Crippen molar-refractivity contribution in [1.82, 2.24) is 10.2 Å². The van der Waals surface area contributed by atoms with Crippen LogP contribution >= 0.6 is 0 Å². The van der Waals surface area contributed by atoms with Crippen molar-refractivity contribution in [3.63, 3.8) is 0 Å². The van der Waals surface area contributed by atoms with Crippen LogP contribution in [0.25, 0.3) is 0 Å². The third kappa shape index (κ3) is 2.70. The maximum absolute atomic E-state index is 5.61. The third-order valence-corrected chi connectivity index (χ3v) is 4.62. The number of benzene rings is 1. The summed E-state index contributed by atoms with van der Waals surface area (Å²) in [5.74, 6) is 1.06. The van der Waals surface area contributed by atoms with Crippen molar-refractivity contribution in [2.45, 2.75) is 45.7 Å². The second-order valence-corrected chi connectivity index (χ2v) is 6.01. The minimum Gasteiger partial charge on any atom is -0.493 e. The summed E-state index contributed by atoms with van der Waals surface area (Å²) in [5.41, 5.74) is 2.78. The maximum Gasteiger partial charge on any atom is 0.122 e. The van der Waals surface area contributed by atoms with Gasteiger partial charge in [-0.05, 0) is 51.2 Å². The van der Waals surface area contributed by atoms with Crippen molar-refractivity contribution >= 4 is 0 Å². The summed E-state index contributed by atoms with van der Waals surface area (Å²) in [7, 11) is 2.06. The lowest BCUT2D eigenvalue weighted by atomic mass is 9.86. The molecule has 3 heteroatoms. The zero-order chi connectivity index (χ0) is 14.8. The number of rotatable bonds is 6. The van der Waals surface area contributed by atoms with Crippen molar-refractivity contribution in [1.29, 1.82) is 0 Å². The van der Waals surface area contributed by atoms with Crippen LogP contribution in [-0.4, -0.2) is 37.2 Å². The monoisotopic (exact) mass is 276 g/mol. The first kappa shape index (κ1) is 15.3. The van der Waals surface area contributed by atoms with E-state index in [2.05, 4.69) is 63.2 Å². The van der Waals surface area contributed by atoms with Crippen LogP contribution in [0.2, 0.25) is 0 Å². The molecule has 1 aromatic carbocycles. The van der Waals surface area contributed by atoms with Crippen molar-refractivity contribution in [3.8, 4) is 5.75 Å². The minimum absolute atomic E-state index is 0.0753. The summed E-state index contributed by atoms with van der Waals surface area (Å²) < 4.78 is 5.61. The minimum atomic E-state index is 0.0753. The van der Waals surface area contributed by atoms with Gasteiger partial charge in [-0.25, -0.2) is 0 Å². The van der Waals surface area contributed by atoms with Gasteiger partial charge in [-0.3, -0.25) is 4.90 Å². The van der Waals surface area contributed by atoms with Crippen molar-refractivity contribution in [2.24, 2.45) is 0 Å². The number of fused-ring (bicyclic) bond motifs is 1. The molecule has 1 N–H and O–H groups in total. The molecule has 0 fully saturated rings. The van der Waals surface area contributed by atoms with E-state index in [4.69, 9.17) is 4.74 Å². The summed E-state index contributed by atoms with van der Waals surface area (Å²) >= 11 is 0. The Kier molecular flexibility index (Phi) is 4.71. The van der Waals surface area contributed by atoms with Crippen LogP contribution in [0.15, 0.2) is 18.2 Å². The lowest BCUT2D eigenvalue weighted by Gasteiger charge is -2.43. The quantitative estimate of drug-likeness (QED) is 0.864. The van der Waals surface area contributed by atoms with Crippen molar-refractivity contribution in [2.75, 3.05) is 26.7 Å². The molecule has 0 aromatic heterocycles. The Bertz CT molecular complexity index is 452. The molecule has 3 nitrogen and oxygen atoms in total. The Morgan fingerprint density at radius 2 is 2.00 bits per heavy atom. The Labute approximate surface area is 123 Å². The molecular formula is C17H28N2O. The number of hydrogen-bond acceptors (Lipinski definition) is 3. The summed E-state index contributed by atoms with van der Waals surface area (Å²) in [5, 5.41) is 3.52. The molecule has 0 saturated carbocycles. The van der Waals surface area contributed by atoms with E-state index in [1.54, 1.807) is 0 Å². The molecule has 1 aromatic rings. The Hall–Kier alpha value is -1.06. The average molecular weight is 276 g/mol. The predicted octanol–water partition coefficient (Wildman–Crippen LogP) is 3.00. The summed E-state index contributed by atoms with van der Waals surface area (Å²) in [6.45, 7) is 12.1. The summed E-state index contributed by atoms with van der Waals surface area (Å²) in [4.78, 5) is 2.51. The fourth-order valence-electron chi connectivity index (χ4n) is 3.54. The van der Waals surface area contributed by atoms with E-state index in [0.717, 1.165) is 31.9 Å². The molecule has 20 heavy (non-hydrogen) atoms. The Balaban J connectivity index is 2.32. The maximum atomic E-state index is 5.61. The van der Waals surface area contributed by atoms with Crippen molar-refractivity contribution in [3.05, 3.63) is 29.3 Å². The van der Waals surface area contributed by atoms with Crippen LogP contribution in [0.5, 0.6) is 5.75 Å². The third-order valence-electron chi connectivity index (χ3n) is 4.62. The standard InChI is InChI=1S/C17H28N2O/c1-6-19(7-2)17(3,4)16(18-5)14-8-9-15-13(12-14)10-11-20-15/h8-9,12,16,18H,6-7,10-11H2,1-5H3. The molecule has 0 saturated heterocycles. The first-order valence-corrected chi connectivity index (χ1v) is 7.72. The van der Waals surface area contributed by atoms with Gasteiger partial charge in [0.15, 0.2) is 0 Å². The molecule has 1 unspecified atom stereocenters. The molecular weight excluding hydrogens is 248 g/mol. The number of likely N-dealkylation sites (N-methyl/N-ethyl adjacent to an activating group) is 2. The fraction of sp³-hybridized carbons (Fsp3) is 0.647. The normalized spacial score (nSPS) is 16.1. The highest BCUT2D eigenvalue weighted by Gasteiger charge is 2.34. The molecule has 0 aliphatic carbocycles. The van der Waals surface area contributed by atoms with Gasteiger partial charge in [0.2, 0.25) is 0 Å². The van der Waals surface area contributed by atoms with Gasteiger partial charge < -0.3 is 10.1 Å². The lowest BCUT2D eigenvalue weighted by molar-refractivity contribution is 0.0944. The zero-order valence-electron chi connectivity index (χ0n) is 13.5. The average Bonchev–Trinajstić information content (AvgIpc) is 2.87. The van der Waals surface area contributed by atoms with Crippen molar-refractivity contribution < 1.29 is 4.74 Å². The molecule has 1 aliphatic heterocycles. The molecule has 0 amide bonds. The van der Waals surface area contributed by atoms with Gasteiger partial charge in [0.05, 0.1) is 6.61 Å². The summed E-state index contributed by atoms with van der Waals surface area (Å²) in [6.07, 6.45) is 1.03. The van der Waals surface area contributed by atoms with Gasteiger partial charge in [-0.1, -0.05) is 26.0 Å². The van der Waals surface area contributed by atoms with Gasteiger partial charge in [0, 0.05) is 18.0 Å².